The Morgan fingerprint density at radius 3 is 1.56 bits per heavy atom. The van der Waals surface area contributed by atoms with E-state index in [9.17, 15) is 48.2 Å². The van der Waals surface area contributed by atoms with Gasteiger partial charge < -0.3 is 0 Å². The van der Waals surface area contributed by atoms with E-state index in [1.807, 2.05) is 53.9 Å². The maximum absolute atomic E-state index is 14.6. The highest BCUT2D eigenvalue weighted by Gasteiger charge is 2.45. The molecule has 3 aliphatic carbocycles. The van der Waals surface area contributed by atoms with Crippen molar-refractivity contribution in [1.82, 2.24) is 0 Å². The Hall–Kier alpha value is -5.35. The molecule has 0 fully saturated rings. The number of hydrogen-bond acceptors (Lipinski definition) is 10. The highest BCUT2D eigenvalue weighted by Crippen LogP contribution is 2.64. The quantitative estimate of drug-likeness (QED) is 0.0782. The molecule has 2 heterocycles. The van der Waals surface area contributed by atoms with E-state index < -0.39 is 46.0 Å². The highest BCUT2D eigenvalue weighted by atomic mass is 32.2. The molecule has 336 valence electrons. The smallest absolute Gasteiger partial charge is 0.194 e. The topological polar surface area (TPSA) is 129 Å². The first-order chi connectivity index (χ1) is 31.9. The Kier molecular flexibility index (Phi) is 15.5. The lowest BCUT2D eigenvalue weighted by molar-refractivity contribution is 0.103. The molecule has 4 unspecified atom stereocenters. The van der Waals surface area contributed by atoms with E-state index in [2.05, 4.69) is 33.8 Å². The van der Waals surface area contributed by atoms with Crippen LogP contribution in [0.2, 0.25) is 0 Å². The Morgan fingerprint density at radius 1 is 0.667 bits per heavy atom. The number of carbonyl (C=O) groups excluding carboxylic acids is 2. The number of carbonyl (C=O) groups is 2. The third kappa shape index (κ3) is 9.32. The van der Waals surface area contributed by atoms with Crippen LogP contribution in [0.3, 0.4) is 0 Å². The molecule has 0 radical (unpaired) electrons. The van der Waals surface area contributed by atoms with E-state index in [4.69, 9.17) is 0 Å². The third-order valence-electron chi connectivity index (χ3n) is 12.5. The monoisotopic (exact) mass is 960 g/mol. The highest BCUT2D eigenvalue weighted by molar-refractivity contribution is 8.22. The molecule has 0 spiro atoms. The molecule has 2 aromatic carbocycles. The molecule has 7 rings (SSSR count). The second-order valence-electron chi connectivity index (χ2n) is 16.6. The number of fused-ring (bicyclic) bond motifs is 5. The minimum Gasteiger partial charge on any atom is -0.289 e. The number of allylic oxidation sites excluding steroid dienone is 9. The molecule has 0 saturated carbocycles. The van der Waals surface area contributed by atoms with Crippen molar-refractivity contribution >= 4 is 81.0 Å². The summed E-state index contributed by atoms with van der Waals surface area (Å²) < 4.78 is 59.5. The number of rotatable bonds is 16. The van der Waals surface area contributed by atoms with Gasteiger partial charge in [0.2, 0.25) is 0 Å². The number of halogens is 4. The summed E-state index contributed by atoms with van der Waals surface area (Å²) in [5.74, 6) is -3.59. The molecule has 66 heavy (non-hydrogen) atoms. The van der Waals surface area contributed by atoms with E-state index in [1.54, 1.807) is 12.2 Å². The number of nitrogens with zero attached hydrogens (tertiary/aromatic N) is 4. The van der Waals surface area contributed by atoms with Crippen molar-refractivity contribution in [3.63, 3.8) is 0 Å². The molecule has 0 bridgehead atoms. The van der Waals surface area contributed by atoms with Gasteiger partial charge in [-0.05, 0) is 89.4 Å². The van der Waals surface area contributed by atoms with Crippen LogP contribution in [-0.4, -0.2) is 23.1 Å². The molecule has 0 saturated heterocycles. The molecule has 4 atom stereocenters. The number of nitriles is 4. The van der Waals surface area contributed by atoms with Gasteiger partial charge in [-0.25, -0.2) is 17.6 Å². The van der Waals surface area contributed by atoms with Crippen molar-refractivity contribution in [2.24, 2.45) is 17.8 Å². The minimum atomic E-state index is -1.23. The van der Waals surface area contributed by atoms with Crippen molar-refractivity contribution < 1.29 is 27.2 Å². The van der Waals surface area contributed by atoms with Gasteiger partial charge in [-0.2, -0.15) is 21.0 Å². The molecule has 6 nitrogen and oxygen atoms in total. The van der Waals surface area contributed by atoms with Gasteiger partial charge in [0.05, 0.1) is 5.25 Å². The zero-order valence-electron chi connectivity index (χ0n) is 36.7. The number of unbranched alkanes of at least 4 members (excludes halogenated alkanes) is 2. The summed E-state index contributed by atoms with van der Waals surface area (Å²) in [5.41, 5.74) is 0.728. The summed E-state index contributed by atoms with van der Waals surface area (Å²) in [6.45, 7) is 8.81. The van der Waals surface area contributed by atoms with Crippen LogP contribution >= 0.6 is 46.6 Å². The van der Waals surface area contributed by atoms with Crippen molar-refractivity contribution in [2.75, 3.05) is 11.5 Å². The number of hydrogen-bond donors (Lipinski definition) is 0. The molecular weight excluding hydrogens is 917 g/mol. The zero-order valence-corrected chi connectivity index (χ0v) is 40.0. The maximum atomic E-state index is 14.6. The Bertz CT molecular complexity index is 2860. The summed E-state index contributed by atoms with van der Waals surface area (Å²) in [6.07, 6.45) is 13.9. The summed E-state index contributed by atoms with van der Waals surface area (Å²) in [7, 11) is 0. The van der Waals surface area contributed by atoms with Gasteiger partial charge >= 0.3 is 0 Å². The number of ketones is 2. The van der Waals surface area contributed by atoms with E-state index >= 15 is 0 Å². The molecule has 3 aromatic rings. The van der Waals surface area contributed by atoms with E-state index in [0.29, 0.717) is 21.6 Å². The predicted molar refractivity (Wildman–Crippen MR) is 258 cm³/mol. The van der Waals surface area contributed by atoms with Gasteiger partial charge in [0.25, 0.3) is 0 Å². The van der Waals surface area contributed by atoms with Crippen LogP contribution in [0.15, 0.2) is 73.9 Å². The summed E-state index contributed by atoms with van der Waals surface area (Å²) in [4.78, 5) is 30.2. The second kappa shape index (κ2) is 21.1. The minimum absolute atomic E-state index is 0.0149. The van der Waals surface area contributed by atoms with Crippen molar-refractivity contribution in [1.29, 1.82) is 21.0 Å². The number of Topliss-reactive ketones (excluding diaryl/α,β-unsaturated/α-hetero) is 2. The van der Waals surface area contributed by atoms with Crippen molar-refractivity contribution in [2.45, 2.75) is 84.3 Å². The van der Waals surface area contributed by atoms with Crippen LogP contribution < -0.4 is 0 Å². The molecule has 1 aliphatic heterocycles. The van der Waals surface area contributed by atoms with Crippen molar-refractivity contribution in [3.8, 4) is 24.3 Å². The van der Waals surface area contributed by atoms with Crippen LogP contribution in [-0.2, 0) is 0 Å². The normalized spacial score (nSPS) is 18.9. The van der Waals surface area contributed by atoms with Crippen LogP contribution in [0.1, 0.15) is 131 Å². The third-order valence-corrected chi connectivity index (χ3v) is 18.1. The average molecular weight is 961 g/mol. The fourth-order valence-corrected chi connectivity index (χ4v) is 14.7. The first-order valence-corrected chi connectivity index (χ1v) is 25.7. The summed E-state index contributed by atoms with van der Waals surface area (Å²) in [5, 5.41) is 39.6. The maximum Gasteiger partial charge on any atom is 0.194 e. The van der Waals surface area contributed by atoms with Gasteiger partial charge in [0.1, 0.15) is 35.4 Å². The lowest BCUT2D eigenvalue weighted by atomic mass is 9.97. The Labute approximate surface area is 399 Å². The van der Waals surface area contributed by atoms with Crippen molar-refractivity contribution in [3.05, 3.63) is 135 Å². The molecule has 4 aliphatic rings. The average Bonchev–Trinajstić information content (AvgIpc) is 4.09. The van der Waals surface area contributed by atoms with Gasteiger partial charge in [0.15, 0.2) is 34.8 Å². The number of thiophene rings is 1. The van der Waals surface area contributed by atoms with Gasteiger partial charge in [-0.3, -0.25) is 9.59 Å². The number of benzene rings is 2. The standard InChI is InChI=1S/C52H44F4N4O2S4/c1-5-9-11-27(7-3)25-63-52(64-26-28(8-4)12-10-6-2)47-39-15-31(13-37-45(29(21-57)22-58)33-17-41(53)43(55)19-35(33)48(37)61)65-50(39)51-40(47)16-32(66-51)14-38-46(30(23-59)24-60)34-18-42(54)44(56)20-36(34)49(38)62/h13-20,27-28,39,50H,5-12,25-26H2,1-4H3/b37-13-,38-14-,52-47?. The number of thioether (sulfide) groups is 3. The van der Waals surface area contributed by atoms with E-state index in [1.165, 1.54) is 23.1 Å². The Balaban J connectivity index is 1.40. The Morgan fingerprint density at radius 2 is 1.12 bits per heavy atom. The van der Waals surface area contributed by atoms with Gasteiger partial charge in [-0.15, -0.1) is 46.6 Å². The van der Waals surface area contributed by atoms with Gasteiger partial charge in [-0.1, -0.05) is 72.3 Å². The molecule has 0 amide bonds. The summed E-state index contributed by atoms with van der Waals surface area (Å²) in [6, 6.07) is 12.6. The van der Waals surface area contributed by atoms with Crippen LogP contribution in [0.4, 0.5) is 17.6 Å². The molecule has 1 aromatic heterocycles. The zero-order chi connectivity index (χ0) is 47.4. The van der Waals surface area contributed by atoms with Crippen LogP contribution in [0, 0.1) is 86.3 Å². The van der Waals surface area contributed by atoms with Crippen LogP contribution in [0.25, 0.3) is 22.8 Å². The molecule has 0 N–H and O–H groups in total. The SMILES string of the molecule is CCCCC(CC)CSC(SCC(CC)CCCC)=C1c2cc(/C=C3\C(=O)c4cc(F)c(F)cc4C3=C(C#N)C#N)sc2C2SC(/C=C3\C(=O)c4cc(F)c(F)cc4C3=C(C#N)C#N)=CC12. The fraction of sp³-hybridized carbons (Fsp3) is 0.346. The molecule has 14 heteroatoms. The summed E-state index contributed by atoms with van der Waals surface area (Å²) >= 11 is 6.58. The largest absolute Gasteiger partial charge is 0.289 e. The van der Waals surface area contributed by atoms with E-state index in [-0.39, 0.29) is 55.7 Å². The lowest BCUT2D eigenvalue weighted by Crippen LogP contribution is -2.06. The first kappa shape index (κ1) is 48.6. The fourth-order valence-electron chi connectivity index (χ4n) is 8.84. The second-order valence-corrected chi connectivity index (χ2v) is 21.2. The molecular formula is C52H44F4N4O2S4. The van der Waals surface area contributed by atoms with Gasteiger partial charge in [0, 0.05) is 69.7 Å². The lowest BCUT2D eigenvalue weighted by Gasteiger charge is -2.21. The van der Waals surface area contributed by atoms with Crippen LogP contribution in [0.5, 0.6) is 0 Å². The predicted octanol–water partition coefficient (Wildman–Crippen LogP) is 14.9. The first-order valence-electron chi connectivity index (χ1n) is 22.0. The van der Waals surface area contributed by atoms with E-state index in [0.717, 1.165) is 107 Å².